The molecule has 0 saturated heterocycles. The van der Waals surface area contributed by atoms with E-state index in [-0.39, 0.29) is 28.3 Å². The highest BCUT2D eigenvalue weighted by Gasteiger charge is 2.31. The number of ether oxygens (including phenoxy) is 1. The smallest absolute Gasteiger partial charge is 0.372 e. The fraction of sp³-hybridized carbons (Fsp3) is 0.714. The van der Waals surface area contributed by atoms with E-state index in [4.69, 9.17) is 4.74 Å². The van der Waals surface area contributed by atoms with Gasteiger partial charge in [0, 0.05) is 5.54 Å². The van der Waals surface area contributed by atoms with Crippen molar-refractivity contribution in [2.45, 2.75) is 53.5 Å². The highest BCUT2D eigenvalue weighted by molar-refractivity contribution is 5.62. The van der Waals surface area contributed by atoms with E-state index in [2.05, 4.69) is 36.1 Å². The van der Waals surface area contributed by atoms with Gasteiger partial charge in [-0.3, -0.25) is 10.1 Å². The van der Waals surface area contributed by atoms with Crippen LogP contribution in [0.3, 0.4) is 0 Å². The molecule has 0 aliphatic rings. The van der Waals surface area contributed by atoms with E-state index in [9.17, 15) is 10.1 Å². The summed E-state index contributed by atoms with van der Waals surface area (Å²) in [7, 11) is 1.36. The van der Waals surface area contributed by atoms with Gasteiger partial charge in [0.15, 0.2) is 0 Å². The molecule has 118 valence electrons. The molecule has 1 heterocycles. The lowest BCUT2D eigenvalue weighted by atomic mass is 9.82. The van der Waals surface area contributed by atoms with Crippen LogP contribution < -0.4 is 10.1 Å². The number of methoxy groups -OCH3 is 1. The molecule has 0 radical (unpaired) electrons. The van der Waals surface area contributed by atoms with Crippen LogP contribution in [-0.2, 0) is 0 Å². The molecule has 7 nitrogen and oxygen atoms in total. The average molecular weight is 296 g/mol. The number of aryl methyl sites for hydroxylation is 1. The molecule has 0 spiro atoms. The zero-order chi connectivity index (χ0) is 16.4. The van der Waals surface area contributed by atoms with Gasteiger partial charge in [-0.15, -0.1) is 0 Å². The van der Waals surface area contributed by atoms with Gasteiger partial charge in [-0.1, -0.05) is 20.8 Å². The summed E-state index contributed by atoms with van der Waals surface area (Å²) in [5.74, 6) is 0.590. The molecule has 21 heavy (non-hydrogen) atoms. The maximum absolute atomic E-state index is 11.3. The van der Waals surface area contributed by atoms with Crippen LogP contribution in [0.15, 0.2) is 0 Å². The predicted molar refractivity (Wildman–Crippen MR) is 81.7 cm³/mol. The second kappa shape index (κ2) is 5.83. The predicted octanol–water partition coefficient (Wildman–Crippen LogP) is 3.33. The van der Waals surface area contributed by atoms with E-state index in [0.29, 0.717) is 5.82 Å². The summed E-state index contributed by atoms with van der Waals surface area (Å²) in [5.41, 5.74) is -0.503. The summed E-state index contributed by atoms with van der Waals surface area (Å²) < 4.78 is 5.01. The fourth-order valence-corrected chi connectivity index (χ4v) is 2.63. The molecule has 0 fully saturated rings. The van der Waals surface area contributed by atoms with Gasteiger partial charge in [-0.05, 0) is 32.6 Å². The normalized spacial score (nSPS) is 12.1. The van der Waals surface area contributed by atoms with Crippen molar-refractivity contribution in [2.75, 3.05) is 12.4 Å². The highest BCUT2D eigenvalue weighted by Crippen LogP contribution is 2.35. The Labute approximate surface area is 125 Å². The van der Waals surface area contributed by atoms with Crippen molar-refractivity contribution in [3.05, 3.63) is 15.9 Å². The van der Waals surface area contributed by atoms with Crippen molar-refractivity contribution in [1.82, 2.24) is 9.97 Å². The SMILES string of the molecule is COc1nc(C)nc(NC(C)(C)CC(C)(C)C)c1[N+](=O)[O-]. The van der Waals surface area contributed by atoms with Crippen molar-refractivity contribution in [2.24, 2.45) is 5.41 Å². The second-order valence-corrected chi connectivity index (χ2v) is 6.98. The Kier molecular flexibility index (Phi) is 4.76. The van der Waals surface area contributed by atoms with Crippen LogP contribution in [0.4, 0.5) is 11.5 Å². The number of hydrogen-bond donors (Lipinski definition) is 1. The van der Waals surface area contributed by atoms with E-state index in [1.165, 1.54) is 7.11 Å². The molecule has 0 bridgehead atoms. The molecular formula is C14H24N4O3. The van der Waals surface area contributed by atoms with Crippen molar-refractivity contribution < 1.29 is 9.66 Å². The highest BCUT2D eigenvalue weighted by atomic mass is 16.6. The van der Waals surface area contributed by atoms with Crippen LogP contribution in [0.1, 0.15) is 46.9 Å². The molecule has 1 aromatic heterocycles. The van der Waals surface area contributed by atoms with Crippen molar-refractivity contribution >= 4 is 11.5 Å². The standard InChI is InChI=1S/C14H24N4O3/c1-9-15-11(10(18(19)20)12(16-9)21-7)17-14(5,6)8-13(2,3)4/h8H2,1-7H3,(H,15,16,17). The van der Waals surface area contributed by atoms with Gasteiger partial charge in [0.1, 0.15) is 5.82 Å². The third kappa shape index (κ3) is 4.84. The lowest BCUT2D eigenvalue weighted by Gasteiger charge is -2.33. The first-order valence-corrected chi connectivity index (χ1v) is 6.80. The molecule has 0 aromatic carbocycles. The molecule has 0 saturated carbocycles. The van der Waals surface area contributed by atoms with Gasteiger partial charge in [0.25, 0.3) is 5.88 Å². The zero-order valence-corrected chi connectivity index (χ0v) is 13.8. The first kappa shape index (κ1) is 17.1. The second-order valence-electron chi connectivity index (χ2n) is 6.98. The van der Waals surface area contributed by atoms with Crippen LogP contribution in [0.25, 0.3) is 0 Å². The quantitative estimate of drug-likeness (QED) is 0.662. The molecular weight excluding hydrogens is 272 g/mol. The topological polar surface area (TPSA) is 90.2 Å². The number of nitrogens with zero attached hydrogens (tertiary/aromatic N) is 3. The summed E-state index contributed by atoms with van der Waals surface area (Å²) in [4.78, 5) is 18.9. The molecule has 0 unspecified atom stereocenters. The lowest BCUT2D eigenvalue weighted by molar-refractivity contribution is -0.385. The van der Waals surface area contributed by atoms with Gasteiger partial charge in [-0.2, -0.15) is 4.98 Å². The summed E-state index contributed by atoms with van der Waals surface area (Å²) in [6, 6.07) is 0. The van der Waals surface area contributed by atoms with Gasteiger partial charge >= 0.3 is 5.69 Å². The van der Waals surface area contributed by atoms with E-state index in [0.717, 1.165) is 6.42 Å². The first-order valence-electron chi connectivity index (χ1n) is 6.80. The minimum atomic E-state index is -0.520. The Bertz CT molecular complexity index is 536. The first-order chi connectivity index (χ1) is 9.45. The molecule has 1 aromatic rings. The van der Waals surface area contributed by atoms with Gasteiger partial charge in [-0.25, -0.2) is 4.98 Å². The number of anilines is 1. The summed E-state index contributed by atoms with van der Waals surface area (Å²) in [6.45, 7) is 12.0. The van der Waals surface area contributed by atoms with Crippen LogP contribution in [0, 0.1) is 22.5 Å². The van der Waals surface area contributed by atoms with Crippen molar-refractivity contribution in [3.8, 4) is 5.88 Å². The van der Waals surface area contributed by atoms with Crippen LogP contribution in [0.2, 0.25) is 0 Å². The Hall–Kier alpha value is -1.92. The van der Waals surface area contributed by atoms with E-state index >= 15 is 0 Å². The number of nitro groups is 1. The van der Waals surface area contributed by atoms with Gasteiger partial charge in [0.05, 0.1) is 12.0 Å². The maximum atomic E-state index is 11.3. The van der Waals surface area contributed by atoms with Crippen molar-refractivity contribution in [3.63, 3.8) is 0 Å². The minimum Gasteiger partial charge on any atom is -0.476 e. The maximum Gasteiger partial charge on any atom is 0.372 e. The molecule has 1 N–H and O–H groups in total. The molecule has 1 rings (SSSR count). The number of aromatic nitrogens is 2. The molecule has 0 aliphatic heterocycles. The molecule has 0 aliphatic carbocycles. The average Bonchev–Trinajstić information content (AvgIpc) is 2.22. The Balaban J connectivity index is 3.24. The van der Waals surface area contributed by atoms with Gasteiger partial charge < -0.3 is 10.1 Å². The number of hydrogen-bond acceptors (Lipinski definition) is 6. The third-order valence-corrected chi connectivity index (χ3v) is 2.77. The van der Waals surface area contributed by atoms with E-state index in [1.807, 2.05) is 13.8 Å². The van der Waals surface area contributed by atoms with Crippen LogP contribution in [0.5, 0.6) is 5.88 Å². The van der Waals surface area contributed by atoms with Crippen LogP contribution in [-0.4, -0.2) is 27.5 Å². The summed E-state index contributed by atoms with van der Waals surface area (Å²) in [6.07, 6.45) is 0.822. The zero-order valence-electron chi connectivity index (χ0n) is 13.8. The largest absolute Gasteiger partial charge is 0.476 e. The number of rotatable bonds is 5. The van der Waals surface area contributed by atoms with E-state index < -0.39 is 4.92 Å². The minimum absolute atomic E-state index is 0.0263. The Morgan fingerprint density at radius 3 is 2.24 bits per heavy atom. The molecule has 7 heteroatoms. The van der Waals surface area contributed by atoms with Gasteiger partial charge in [0.2, 0.25) is 5.82 Å². The molecule has 0 amide bonds. The van der Waals surface area contributed by atoms with Crippen molar-refractivity contribution in [1.29, 1.82) is 0 Å². The summed E-state index contributed by atoms with van der Waals surface area (Å²) >= 11 is 0. The number of nitrogens with one attached hydrogen (secondary N) is 1. The summed E-state index contributed by atoms with van der Waals surface area (Å²) in [5, 5.41) is 14.5. The fourth-order valence-electron chi connectivity index (χ4n) is 2.63. The van der Waals surface area contributed by atoms with Crippen LogP contribution >= 0.6 is 0 Å². The third-order valence-electron chi connectivity index (χ3n) is 2.77. The Morgan fingerprint density at radius 1 is 1.24 bits per heavy atom. The monoisotopic (exact) mass is 296 g/mol. The Morgan fingerprint density at radius 2 is 1.81 bits per heavy atom. The lowest BCUT2D eigenvalue weighted by Crippen LogP contribution is -2.36. The van der Waals surface area contributed by atoms with E-state index in [1.54, 1.807) is 6.92 Å². The molecule has 0 atom stereocenters.